The normalized spacial score (nSPS) is 23.5. The molecule has 3 rings (SSSR count). The van der Waals surface area contributed by atoms with E-state index >= 15 is 0 Å². The Balaban J connectivity index is 1.79. The molecule has 3 atom stereocenters. The molecule has 0 aromatic carbocycles. The van der Waals surface area contributed by atoms with E-state index in [0.29, 0.717) is 32.0 Å². The fraction of sp³-hybridized carbons (Fsp3) is 0.632. The van der Waals surface area contributed by atoms with Crippen molar-refractivity contribution in [2.24, 2.45) is 11.8 Å². The molecule has 0 spiro atoms. The lowest BCUT2D eigenvalue weighted by molar-refractivity contribution is -0.140. The number of rotatable bonds is 5. The average molecular weight is 330 g/mol. The van der Waals surface area contributed by atoms with Gasteiger partial charge in [0.2, 0.25) is 5.91 Å². The molecule has 1 fully saturated rings. The van der Waals surface area contributed by atoms with Gasteiger partial charge in [-0.25, -0.2) is 0 Å². The minimum atomic E-state index is -0.190. The monoisotopic (exact) mass is 330 g/mol. The highest BCUT2D eigenvalue weighted by Gasteiger charge is 2.37. The lowest BCUT2D eigenvalue weighted by atomic mass is 9.82. The van der Waals surface area contributed by atoms with Crippen LogP contribution < -0.4 is 5.56 Å². The van der Waals surface area contributed by atoms with Crippen molar-refractivity contribution in [2.45, 2.75) is 52.0 Å². The van der Waals surface area contributed by atoms with Crippen LogP contribution >= 0.6 is 0 Å². The van der Waals surface area contributed by atoms with Gasteiger partial charge in [0.25, 0.3) is 5.56 Å². The zero-order valence-corrected chi connectivity index (χ0v) is 14.5. The predicted molar refractivity (Wildman–Crippen MR) is 91.8 cm³/mol. The van der Waals surface area contributed by atoms with Crippen LogP contribution in [0.4, 0.5) is 0 Å². The molecule has 2 aliphatic rings. The molecule has 0 radical (unpaired) electrons. The van der Waals surface area contributed by atoms with Gasteiger partial charge in [0.1, 0.15) is 5.78 Å². The number of piperidine rings is 1. The number of ketones is 1. The summed E-state index contributed by atoms with van der Waals surface area (Å²) >= 11 is 0. The van der Waals surface area contributed by atoms with Gasteiger partial charge in [0, 0.05) is 49.7 Å². The summed E-state index contributed by atoms with van der Waals surface area (Å²) in [4.78, 5) is 38.5. The van der Waals surface area contributed by atoms with E-state index in [1.165, 1.54) is 0 Å². The maximum Gasteiger partial charge on any atom is 0.250 e. The first kappa shape index (κ1) is 16.9. The molecule has 2 aliphatic heterocycles. The van der Waals surface area contributed by atoms with E-state index in [0.717, 1.165) is 25.0 Å². The van der Waals surface area contributed by atoms with Crippen molar-refractivity contribution in [1.29, 1.82) is 0 Å². The number of carbonyl (C=O) groups is 2. The summed E-state index contributed by atoms with van der Waals surface area (Å²) in [5.41, 5.74) is 1.11. The molecule has 3 heterocycles. The number of likely N-dealkylation sites (tertiary alicyclic amines) is 1. The number of amides is 1. The van der Waals surface area contributed by atoms with Gasteiger partial charge >= 0.3 is 0 Å². The Bertz CT molecular complexity index is 694. The molecule has 5 heteroatoms. The summed E-state index contributed by atoms with van der Waals surface area (Å²) in [6.45, 7) is 5.67. The molecule has 0 saturated carbocycles. The van der Waals surface area contributed by atoms with E-state index in [2.05, 4.69) is 0 Å². The van der Waals surface area contributed by atoms with Gasteiger partial charge in [-0.3, -0.25) is 9.59 Å². The summed E-state index contributed by atoms with van der Waals surface area (Å²) in [5.74, 6) is 0.573. The van der Waals surface area contributed by atoms with Gasteiger partial charge in [-0.1, -0.05) is 19.4 Å². The van der Waals surface area contributed by atoms with Gasteiger partial charge in [-0.05, 0) is 31.7 Å². The van der Waals surface area contributed by atoms with Crippen LogP contribution in [-0.4, -0.2) is 34.2 Å². The first-order valence-electron chi connectivity index (χ1n) is 8.97. The molecule has 130 valence electrons. The van der Waals surface area contributed by atoms with E-state index in [1.54, 1.807) is 13.0 Å². The number of pyridine rings is 1. The Morgan fingerprint density at radius 2 is 2.04 bits per heavy atom. The van der Waals surface area contributed by atoms with Crippen LogP contribution in [0.2, 0.25) is 0 Å². The van der Waals surface area contributed by atoms with Crippen molar-refractivity contribution in [3.63, 3.8) is 0 Å². The third-order valence-corrected chi connectivity index (χ3v) is 5.31. The molecule has 0 N–H and O–H groups in total. The van der Waals surface area contributed by atoms with Crippen LogP contribution in [-0.2, 0) is 16.1 Å². The van der Waals surface area contributed by atoms with Gasteiger partial charge < -0.3 is 14.3 Å². The van der Waals surface area contributed by atoms with Gasteiger partial charge in [0.05, 0.1) is 0 Å². The fourth-order valence-corrected chi connectivity index (χ4v) is 4.34. The summed E-state index contributed by atoms with van der Waals surface area (Å²) in [6.07, 6.45) is 3.05. The van der Waals surface area contributed by atoms with Crippen molar-refractivity contribution in [3.05, 3.63) is 34.2 Å². The van der Waals surface area contributed by atoms with Crippen molar-refractivity contribution >= 4 is 11.7 Å². The van der Waals surface area contributed by atoms with Crippen molar-refractivity contribution in [1.82, 2.24) is 9.47 Å². The number of carbonyl (C=O) groups excluding carboxylic acids is 2. The molecular weight excluding hydrogens is 304 g/mol. The first-order valence-corrected chi connectivity index (χ1v) is 8.97. The summed E-state index contributed by atoms with van der Waals surface area (Å²) < 4.78 is 1.87. The minimum absolute atomic E-state index is 0.0578. The fourth-order valence-electron chi connectivity index (χ4n) is 4.34. The third-order valence-electron chi connectivity index (χ3n) is 5.31. The van der Waals surface area contributed by atoms with Crippen LogP contribution in [0.15, 0.2) is 23.0 Å². The zero-order valence-electron chi connectivity index (χ0n) is 14.5. The van der Waals surface area contributed by atoms with Crippen molar-refractivity contribution < 1.29 is 9.59 Å². The molecule has 0 unspecified atom stereocenters. The van der Waals surface area contributed by atoms with E-state index in [9.17, 15) is 14.4 Å². The predicted octanol–water partition coefficient (Wildman–Crippen LogP) is 2.19. The van der Waals surface area contributed by atoms with Gasteiger partial charge in [-0.15, -0.1) is 0 Å². The zero-order chi connectivity index (χ0) is 17.3. The molecule has 1 aromatic rings. The second-order valence-corrected chi connectivity index (χ2v) is 7.33. The maximum absolute atomic E-state index is 12.9. The SMILES string of the molecule is CCC[C@@H](CC(C)=O)C(=O)N1C[C@@H]2C[C@@H](C1)c1cccc(=O)n1C2. The van der Waals surface area contributed by atoms with Crippen LogP contribution in [0.25, 0.3) is 0 Å². The number of fused-ring (bicyclic) bond motifs is 4. The quantitative estimate of drug-likeness (QED) is 0.831. The lowest BCUT2D eigenvalue weighted by Gasteiger charge is -2.43. The molecule has 1 saturated heterocycles. The number of nitrogens with zero attached hydrogens (tertiary/aromatic N) is 2. The molecule has 1 aromatic heterocycles. The highest BCUT2D eigenvalue weighted by atomic mass is 16.2. The minimum Gasteiger partial charge on any atom is -0.341 e. The molecule has 2 bridgehead atoms. The first-order chi connectivity index (χ1) is 11.5. The molecule has 1 amide bonds. The highest BCUT2D eigenvalue weighted by molar-refractivity contribution is 5.85. The standard InChI is InChI=1S/C19H26N2O3/c1-3-5-15(8-13(2)22)19(24)20-10-14-9-16(12-20)17-6-4-7-18(23)21(17)11-14/h4,6-7,14-16H,3,5,8-12H2,1-2H3/t14-,15-,16-/m0/s1. The Morgan fingerprint density at radius 3 is 2.75 bits per heavy atom. The maximum atomic E-state index is 12.9. The van der Waals surface area contributed by atoms with Gasteiger partial charge in [0.15, 0.2) is 0 Å². The van der Waals surface area contributed by atoms with Crippen LogP contribution in [0.3, 0.4) is 0 Å². The lowest BCUT2D eigenvalue weighted by Crippen LogP contribution is -2.50. The van der Waals surface area contributed by atoms with Gasteiger partial charge in [-0.2, -0.15) is 0 Å². The summed E-state index contributed by atoms with van der Waals surface area (Å²) in [7, 11) is 0. The number of hydrogen-bond acceptors (Lipinski definition) is 3. The van der Waals surface area contributed by atoms with E-state index in [4.69, 9.17) is 0 Å². The highest BCUT2D eigenvalue weighted by Crippen LogP contribution is 2.35. The van der Waals surface area contributed by atoms with Crippen molar-refractivity contribution in [3.8, 4) is 0 Å². The van der Waals surface area contributed by atoms with Crippen molar-refractivity contribution in [2.75, 3.05) is 13.1 Å². The topological polar surface area (TPSA) is 59.4 Å². The van der Waals surface area contributed by atoms with E-state index in [-0.39, 0.29) is 29.1 Å². The van der Waals surface area contributed by atoms with E-state index < -0.39 is 0 Å². The molecule has 24 heavy (non-hydrogen) atoms. The van der Waals surface area contributed by atoms with Crippen LogP contribution in [0, 0.1) is 11.8 Å². The molecule has 5 nitrogen and oxygen atoms in total. The summed E-state index contributed by atoms with van der Waals surface area (Å²) in [5, 5.41) is 0. The Labute approximate surface area is 142 Å². The van der Waals surface area contributed by atoms with Crippen LogP contribution in [0.1, 0.15) is 51.1 Å². The molecular formula is C19H26N2O3. The largest absolute Gasteiger partial charge is 0.341 e. The Hall–Kier alpha value is -1.91. The average Bonchev–Trinajstić information content (AvgIpc) is 2.54. The Kier molecular flexibility index (Phi) is 4.88. The van der Waals surface area contributed by atoms with E-state index in [1.807, 2.05) is 28.5 Å². The summed E-state index contributed by atoms with van der Waals surface area (Å²) in [6, 6.07) is 5.43. The Morgan fingerprint density at radius 1 is 1.25 bits per heavy atom. The third kappa shape index (κ3) is 3.30. The second kappa shape index (κ2) is 6.91. The molecule has 0 aliphatic carbocycles. The smallest absolute Gasteiger partial charge is 0.250 e. The number of hydrogen-bond donors (Lipinski definition) is 0. The number of Topliss-reactive ketones (excluding diaryl/α,β-unsaturated/α-hetero) is 1. The second-order valence-electron chi connectivity index (χ2n) is 7.33. The van der Waals surface area contributed by atoms with Crippen LogP contribution in [0.5, 0.6) is 0 Å². The number of aromatic nitrogens is 1.